The molecule has 320 valence electrons. The van der Waals surface area contributed by atoms with E-state index in [-0.39, 0.29) is 0 Å². The molecule has 0 aromatic rings. The van der Waals surface area contributed by atoms with Crippen LogP contribution in [-0.2, 0) is 47.5 Å². The van der Waals surface area contributed by atoms with Crippen LogP contribution in [0.1, 0.15) is 27.2 Å². The van der Waals surface area contributed by atoms with Gasteiger partial charge in [-0.25, -0.2) is 0 Å². The molecule has 0 aromatic carbocycles. The van der Waals surface area contributed by atoms with Gasteiger partial charge in [0.2, 0.25) is 17.9 Å². The summed E-state index contributed by atoms with van der Waals surface area (Å²) in [6.45, 7) is -0.0479. The van der Waals surface area contributed by atoms with Crippen molar-refractivity contribution in [3.63, 3.8) is 0 Å². The van der Waals surface area contributed by atoms with Gasteiger partial charge in [0.1, 0.15) is 67.1 Å². The lowest BCUT2D eigenvalue weighted by Gasteiger charge is -2.53. The van der Waals surface area contributed by atoms with Crippen molar-refractivity contribution in [1.29, 1.82) is 0 Å². The largest absolute Gasteiger partial charge is 0.471 e. The molecule has 4 aliphatic heterocycles. The molecule has 0 unspecified atom stereocenters. The van der Waals surface area contributed by atoms with Crippen LogP contribution >= 0.6 is 0 Å². The Morgan fingerprint density at radius 1 is 0.764 bits per heavy atom. The molecule has 12 N–H and O–H groups in total. The summed E-state index contributed by atoms with van der Waals surface area (Å²) in [6, 6.07) is 0. The van der Waals surface area contributed by atoms with E-state index in [1.807, 2.05) is 0 Å². The third kappa shape index (κ3) is 10.4. The quantitative estimate of drug-likeness (QED) is 0.0607. The fraction of sp³-hybridized carbons (Fsp3) is 0.933. The molecule has 0 aromatic heterocycles. The number of hydrogen-bond donors (Lipinski definition) is 12. The average Bonchev–Trinajstić information content (AvgIpc) is 3.11. The molecular weight excluding hydrogens is 765 g/mol. The second-order valence-corrected chi connectivity index (χ2v) is 13.5. The number of alkyl halides is 3. The Balaban J connectivity index is 1.74. The van der Waals surface area contributed by atoms with E-state index in [1.54, 1.807) is 0 Å². The Morgan fingerprint density at radius 3 is 1.98 bits per heavy atom. The van der Waals surface area contributed by atoms with E-state index in [4.69, 9.17) is 37.9 Å². The minimum Gasteiger partial charge on any atom is -0.394 e. The van der Waals surface area contributed by atoms with Crippen LogP contribution in [0.3, 0.4) is 0 Å². The highest BCUT2D eigenvalue weighted by atomic mass is 19.4. The van der Waals surface area contributed by atoms with Crippen molar-refractivity contribution in [2.24, 2.45) is 0 Å². The average molecular weight is 815 g/mol. The molecule has 4 heterocycles. The molecule has 0 spiro atoms. The Kier molecular flexibility index (Phi) is 15.6. The van der Waals surface area contributed by atoms with Gasteiger partial charge in [-0.2, -0.15) is 13.2 Å². The molecule has 22 nitrogen and oxygen atoms in total. The van der Waals surface area contributed by atoms with Crippen LogP contribution in [0, 0.1) is 0 Å². The molecule has 4 aliphatic rings. The molecule has 25 heteroatoms. The SMILES string of the molecule is CC(=O)N[C@]1(O)[C@H](OCCNC(=O)C(F)(F)F)O[C@H](CO)[C@@H](O[C@H]2C[C@H](O)[C@H](O)[C@H](C)O2)[C@@H]1O[C@@H]1O[C@H](CO)[C@H](O)[C@H](O)[C@H]1O[C@@H]1O[C@@H](C)[C@@H](O)[C@@H](O)[C@@H]1O. The molecule has 4 fully saturated rings. The number of aliphatic hydroxyl groups excluding tert-OH is 9. The third-order valence-corrected chi connectivity index (χ3v) is 9.42. The summed E-state index contributed by atoms with van der Waals surface area (Å²) in [5.41, 5.74) is -3.03. The lowest BCUT2D eigenvalue weighted by atomic mass is 9.91. The Hall–Kier alpha value is -1.99. The van der Waals surface area contributed by atoms with Gasteiger partial charge < -0.3 is 99.6 Å². The van der Waals surface area contributed by atoms with Gasteiger partial charge in [-0.3, -0.25) is 9.59 Å². The molecule has 19 atom stereocenters. The molecule has 4 rings (SSSR count). The molecule has 2 amide bonds. The van der Waals surface area contributed by atoms with Gasteiger partial charge in [-0.05, 0) is 13.8 Å². The maximum absolute atomic E-state index is 12.8. The number of nitrogens with one attached hydrogen (secondary N) is 2. The first-order valence-corrected chi connectivity index (χ1v) is 17.2. The van der Waals surface area contributed by atoms with E-state index in [0.717, 1.165) is 6.92 Å². The fourth-order valence-electron chi connectivity index (χ4n) is 6.44. The molecule has 55 heavy (non-hydrogen) atoms. The molecule has 0 aliphatic carbocycles. The maximum atomic E-state index is 12.8. The van der Waals surface area contributed by atoms with Gasteiger partial charge in [0, 0.05) is 19.9 Å². The first kappa shape index (κ1) is 45.7. The van der Waals surface area contributed by atoms with E-state index in [9.17, 15) is 73.8 Å². The monoisotopic (exact) mass is 814 g/mol. The zero-order valence-corrected chi connectivity index (χ0v) is 29.6. The van der Waals surface area contributed by atoms with Crippen LogP contribution in [-0.4, -0.2) is 212 Å². The lowest BCUT2D eigenvalue weighted by molar-refractivity contribution is -0.415. The van der Waals surface area contributed by atoms with Gasteiger partial charge in [0.05, 0.1) is 38.1 Å². The number of hydrogen-bond acceptors (Lipinski definition) is 20. The number of halogens is 3. The third-order valence-electron chi connectivity index (χ3n) is 9.42. The number of carbonyl (C=O) groups is 2. The van der Waals surface area contributed by atoms with Crippen molar-refractivity contribution < 1.29 is 112 Å². The Bertz CT molecular complexity index is 1260. The summed E-state index contributed by atoms with van der Waals surface area (Å²) in [5.74, 6) is -3.36. The number of rotatable bonds is 13. The minimum atomic E-state index is -5.26. The van der Waals surface area contributed by atoms with Gasteiger partial charge >= 0.3 is 12.1 Å². The van der Waals surface area contributed by atoms with Crippen molar-refractivity contribution in [2.75, 3.05) is 26.4 Å². The second-order valence-electron chi connectivity index (χ2n) is 13.5. The topological polar surface area (TPSA) is 334 Å². The summed E-state index contributed by atoms with van der Waals surface area (Å²) in [4.78, 5) is 23.9. The van der Waals surface area contributed by atoms with E-state index in [1.165, 1.54) is 19.2 Å². The highest BCUT2D eigenvalue weighted by molar-refractivity contribution is 5.81. The predicted octanol–water partition coefficient (Wildman–Crippen LogP) is -6.50. The zero-order chi connectivity index (χ0) is 41.2. The Morgan fingerprint density at radius 2 is 1.40 bits per heavy atom. The van der Waals surface area contributed by atoms with Gasteiger partial charge in [0.15, 0.2) is 18.9 Å². The number of carbonyl (C=O) groups excluding carboxylic acids is 2. The highest BCUT2D eigenvalue weighted by Crippen LogP contribution is 2.38. The first-order chi connectivity index (χ1) is 25.6. The van der Waals surface area contributed by atoms with Gasteiger partial charge in [-0.1, -0.05) is 0 Å². The summed E-state index contributed by atoms with van der Waals surface area (Å²) >= 11 is 0. The number of ether oxygens (including phenoxy) is 8. The zero-order valence-electron chi connectivity index (χ0n) is 29.6. The second kappa shape index (κ2) is 18.7. The van der Waals surface area contributed by atoms with Crippen molar-refractivity contribution >= 4 is 11.8 Å². The number of amides is 2. The van der Waals surface area contributed by atoms with Crippen LogP contribution in [0.25, 0.3) is 0 Å². The van der Waals surface area contributed by atoms with Crippen LogP contribution < -0.4 is 10.6 Å². The predicted molar refractivity (Wildman–Crippen MR) is 165 cm³/mol. The summed E-state index contributed by atoms with van der Waals surface area (Å²) in [6.07, 6.45) is -37.1. The van der Waals surface area contributed by atoms with Crippen molar-refractivity contribution in [3.8, 4) is 0 Å². The molecule has 0 saturated carbocycles. The highest BCUT2D eigenvalue weighted by Gasteiger charge is 2.62. The summed E-state index contributed by atoms with van der Waals surface area (Å²) in [5, 5.41) is 110. The minimum absolute atomic E-state index is 0.420. The first-order valence-electron chi connectivity index (χ1n) is 17.2. The smallest absolute Gasteiger partial charge is 0.394 e. The summed E-state index contributed by atoms with van der Waals surface area (Å²) in [7, 11) is 0. The van der Waals surface area contributed by atoms with Crippen LogP contribution in [0.15, 0.2) is 0 Å². The normalized spacial score (nSPS) is 45.5. The molecular formula is C30H49F3N2O20. The van der Waals surface area contributed by atoms with Gasteiger partial charge in [-0.15, -0.1) is 0 Å². The van der Waals surface area contributed by atoms with E-state index >= 15 is 0 Å². The van der Waals surface area contributed by atoms with Crippen LogP contribution in [0.2, 0.25) is 0 Å². The van der Waals surface area contributed by atoms with Crippen LogP contribution in [0.5, 0.6) is 0 Å². The van der Waals surface area contributed by atoms with Crippen molar-refractivity contribution in [3.05, 3.63) is 0 Å². The van der Waals surface area contributed by atoms with E-state index < -0.39 is 167 Å². The van der Waals surface area contributed by atoms with E-state index in [0.29, 0.717) is 0 Å². The summed E-state index contributed by atoms with van der Waals surface area (Å²) < 4.78 is 84.0. The standard InChI is InChI=1S/C30H49F3N2O20/c1-9-16(40)12(39)6-15(49-9)53-22-14(8-37)52-28(48-5-4-34-27(46)30(31,32)33)29(47,35-11(3)38)24(22)55-26-23(20(44)18(42)13(7-36)51-26)54-25-21(45)19(43)17(41)10(2)50-25/h9-10,12-26,28,36-37,39-45,47H,4-8H2,1-3H3,(H,34,46)(H,35,38)/t9-,10-,12-,13+,14+,15-,16+,17+,18-,19+,20-,21-,22+,23+,24-,25-,26-,28+,29+/m0/s1. The molecule has 0 radical (unpaired) electrons. The maximum Gasteiger partial charge on any atom is 0.471 e. The fourth-order valence-corrected chi connectivity index (χ4v) is 6.44. The Labute approximate surface area is 310 Å². The molecule has 0 bridgehead atoms. The van der Waals surface area contributed by atoms with Crippen molar-refractivity contribution in [1.82, 2.24) is 10.6 Å². The number of aliphatic hydroxyl groups is 10. The van der Waals surface area contributed by atoms with Crippen molar-refractivity contribution in [2.45, 2.75) is 150 Å². The van der Waals surface area contributed by atoms with E-state index in [2.05, 4.69) is 5.32 Å². The molecule has 4 saturated heterocycles. The van der Waals surface area contributed by atoms with Crippen LogP contribution in [0.4, 0.5) is 13.2 Å². The van der Waals surface area contributed by atoms with Gasteiger partial charge in [0.25, 0.3) is 0 Å². The lowest BCUT2D eigenvalue weighted by Crippen LogP contribution is -2.76.